The predicted molar refractivity (Wildman–Crippen MR) is 71.6 cm³/mol. The maximum atomic E-state index is 12.0. The number of pyridine rings is 1. The van der Waals surface area contributed by atoms with Crippen LogP contribution in [0.5, 0.6) is 5.75 Å². The minimum Gasteiger partial charge on any atom is -0.408 e. The van der Waals surface area contributed by atoms with Crippen molar-refractivity contribution < 1.29 is 14.3 Å². The maximum Gasteiger partial charge on any atom is 0.415 e. The average Bonchev–Trinajstić information content (AvgIpc) is 2.49. The van der Waals surface area contributed by atoms with Crippen LogP contribution in [-0.4, -0.2) is 35.0 Å². The van der Waals surface area contributed by atoms with Crippen LogP contribution in [0.1, 0.15) is 18.5 Å². The van der Waals surface area contributed by atoms with Gasteiger partial charge in [0.1, 0.15) is 0 Å². The number of likely N-dealkylation sites (tertiary alicyclic amines) is 1. The molecule has 1 aromatic heterocycles. The molecule has 7 heteroatoms. The summed E-state index contributed by atoms with van der Waals surface area (Å²) in [5, 5.41) is 0. The van der Waals surface area contributed by atoms with Gasteiger partial charge in [-0.3, -0.25) is 15.2 Å². The summed E-state index contributed by atoms with van der Waals surface area (Å²) >= 11 is 0. The molecule has 2 rings (SSSR count). The molecule has 7 nitrogen and oxygen atoms in total. The van der Waals surface area contributed by atoms with Gasteiger partial charge >= 0.3 is 6.09 Å². The van der Waals surface area contributed by atoms with Gasteiger partial charge in [0.25, 0.3) is 0 Å². The number of hydrogen-bond donors (Lipinski definition) is 2. The zero-order valence-corrected chi connectivity index (χ0v) is 11.3. The summed E-state index contributed by atoms with van der Waals surface area (Å²) in [7, 11) is 0. The lowest BCUT2D eigenvalue weighted by molar-refractivity contribution is -0.126. The number of hydrazine groups is 1. The van der Waals surface area contributed by atoms with Crippen molar-refractivity contribution in [3.8, 4) is 5.75 Å². The fourth-order valence-electron chi connectivity index (χ4n) is 2.18. The largest absolute Gasteiger partial charge is 0.415 e. The minimum atomic E-state index is -0.410. The van der Waals surface area contributed by atoms with E-state index in [9.17, 15) is 9.59 Å². The normalized spacial score (nSPS) is 15.8. The first kappa shape index (κ1) is 14.3. The Hall–Kier alpha value is -2.15. The molecule has 1 saturated heterocycles. The van der Waals surface area contributed by atoms with Gasteiger partial charge in [-0.2, -0.15) is 0 Å². The smallest absolute Gasteiger partial charge is 0.408 e. The number of piperidine rings is 1. The lowest BCUT2D eigenvalue weighted by Gasteiger charge is -2.30. The first-order chi connectivity index (χ1) is 9.61. The summed E-state index contributed by atoms with van der Waals surface area (Å²) < 4.78 is 5.31. The number of carbonyl (C=O) groups excluding carboxylic acids is 2. The van der Waals surface area contributed by atoms with E-state index < -0.39 is 6.09 Å². The van der Waals surface area contributed by atoms with Gasteiger partial charge in [-0.15, -0.1) is 0 Å². The zero-order chi connectivity index (χ0) is 14.5. The van der Waals surface area contributed by atoms with Crippen LogP contribution in [-0.2, 0) is 4.79 Å². The number of aryl methyl sites for hydroxylation is 1. The quantitative estimate of drug-likeness (QED) is 0.469. The molecule has 108 valence electrons. The van der Waals surface area contributed by atoms with Gasteiger partial charge in [0.15, 0.2) is 5.75 Å². The van der Waals surface area contributed by atoms with Gasteiger partial charge in [-0.05, 0) is 31.9 Å². The minimum absolute atomic E-state index is 0.135. The molecule has 2 amide bonds. The molecule has 0 atom stereocenters. The van der Waals surface area contributed by atoms with Gasteiger partial charge in [0, 0.05) is 25.2 Å². The number of ether oxygens (including phenoxy) is 1. The summed E-state index contributed by atoms with van der Waals surface area (Å²) in [6.07, 6.45) is 2.41. The Morgan fingerprint density at radius 2 is 2.15 bits per heavy atom. The van der Waals surface area contributed by atoms with Crippen LogP contribution < -0.4 is 16.0 Å². The number of amides is 2. The molecule has 1 aromatic rings. The molecule has 1 aliphatic rings. The number of nitrogens with zero attached hydrogens (tertiary/aromatic N) is 2. The van der Waals surface area contributed by atoms with Crippen LogP contribution in [0.15, 0.2) is 18.3 Å². The molecule has 0 unspecified atom stereocenters. The first-order valence-corrected chi connectivity index (χ1v) is 6.50. The highest BCUT2D eigenvalue weighted by Gasteiger charge is 2.28. The molecule has 0 bridgehead atoms. The molecule has 1 aliphatic heterocycles. The number of hydrogen-bond acceptors (Lipinski definition) is 5. The Bertz CT molecular complexity index is 498. The van der Waals surface area contributed by atoms with Crippen molar-refractivity contribution >= 4 is 12.0 Å². The number of nitrogens with two attached hydrogens (primary N) is 1. The van der Waals surface area contributed by atoms with Crippen LogP contribution >= 0.6 is 0 Å². The van der Waals surface area contributed by atoms with Gasteiger partial charge in [-0.25, -0.2) is 10.6 Å². The Morgan fingerprint density at radius 3 is 2.75 bits per heavy atom. The number of nitrogens with one attached hydrogen (secondary N) is 1. The van der Waals surface area contributed by atoms with Gasteiger partial charge in [-0.1, -0.05) is 0 Å². The van der Waals surface area contributed by atoms with Crippen LogP contribution in [0.3, 0.4) is 0 Å². The van der Waals surface area contributed by atoms with E-state index in [1.807, 2.05) is 0 Å². The van der Waals surface area contributed by atoms with Crippen LogP contribution in [0.2, 0.25) is 0 Å². The Balaban J connectivity index is 1.89. The van der Waals surface area contributed by atoms with E-state index in [4.69, 9.17) is 10.6 Å². The van der Waals surface area contributed by atoms with Crippen molar-refractivity contribution in [1.82, 2.24) is 15.3 Å². The van der Waals surface area contributed by atoms with E-state index in [1.165, 1.54) is 0 Å². The van der Waals surface area contributed by atoms with E-state index in [2.05, 4.69) is 10.4 Å². The molecule has 20 heavy (non-hydrogen) atoms. The molecule has 0 aliphatic carbocycles. The summed E-state index contributed by atoms with van der Waals surface area (Å²) in [5.41, 5.74) is 2.81. The fraction of sp³-hybridized carbons (Fsp3) is 0.462. The van der Waals surface area contributed by atoms with Crippen LogP contribution in [0.25, 0.3) is 0 Å². The van der Waals surface area contributed by atoms with Crippen LogP contribution in [0, 0.1) is 12.8 Å². The monoisotopic (exact) mass is 278 g/mol. The Morgan fingerprint density at radius 1 is 1.45 bits per heavy atom. The van der Waals surface area contributed by atoms with Gasteiger partial charge in [0.2, 0.25) is 5.91 Å². The second kappa shape index (κ2) is 6.33. The standard InChI is InChI=1S/C13H18N4O3/c1-9-11(3-2-6-15-9)20-13(19)17-7-4-10(5-8-17)12(18)16-14/h2-3,6,10H,4-5,7-8,14H2,1H3,(H,16,18). The molecule has 0 radical (unpaired) electrons. The van der Waals surface area contributed by atoms with Crippen molar-refractivity contribution in [1.29, 1.82) is 0 Å². The highest BCUT2D eigenvalue weighted by atomic mass is 16.6. The lowest BCUT2D eigenvalue weighted by atomic mass is 9.96. The van der Waals surface area contributed by atoms with Crippen molar-refractivity contribution in [2.45, 2.75) is 19.8 Å². The predicted octanol–water partition coefficient (Wildman–Crippen LogP) is 0.591. The Kier molecular flexibility index (Phi) is 4.52. The summed E-state index contributed by atoms with van der Waals surface area (Å²) in [6, 6.07) is 3.42. The summed E-state index contributed by atoms with van der Waals surface area (Å²) in [4.78, 5) is 29.1. The molecule has 1 fully saturated rings. The molecule has 3 N–H and O–H groups in total. The second-order valence-electron chi connectivity index (χ2n) is 4.72. The van der Waals surface area contributed by atoms with Gasteiger partial charge in [0.05, 0.1) is 5.69 Å². The molecular formula is C13H18N4O3. The molecule has 0 aromatic carbocycles. The van der Waals surface area contributed by atoms with Crippen molar-refractivity contribution in [2.24, 2.45) is 11.8 Å². The van der Waals surface area contributed by atoms with Crippen molar-refractivity contribution in [3.63, 3.8) is 0 Å². The van der Waals surface area contributed by atoms with Gasteiger partial charge < -0.3 is 9.64 Å². The Labute approximate surface area is 117 Å². The highest BCUT2D eigenvalue weighted by molar-refractivity contribution is 5.78. The second-order valence-corrected chi connectivity index (χ2v) is 4.72. The molecule has 0 saturated carbocycles. The molecule has 2 heterocycles. The first-order valence-electron chi connectivity index (χ1n) is 6.50. The van der Waals surface area contributed by atoms with E-state index in [1.54, 1.807) is 30.2 Å². The lowest BCUT2D eigenvalue weighted by Crippen LogP contribution is -2.45. The zero-order valence-electron chi connectivity index (χ0n) is 11.3. The van der Waals surface area contributed by atoms with Crippen LogP contribution in [0.4, 0.5) is 4.79 Å². The number of carbonyl (C=O) groups is 2. The van der Waals surface area contributed by atoms with Crippen molar-refractivity contribution in [2.75, 3.05) is 13.1 Å². The topological polar surface area (TPSA) is 97.5 Å². The fourth-order valence-corrected chi connectivity index (χ4v) is 2.18. The summed E-state index contributed by atoms with van der Waals surface area (Å²) in [6.45, 7) is 2.74. The van der Waals surface area contributed by atoms with E-state index >= 15 is 0 Å². The molecule has 0 spiro atoms. The SMILES string of the molecule is Cc1ncccc1OC(=O)N1CCC(C(=O)NN)CC1. The maximum absolute atomic E-state index is 12.0. The van der Waals surface area contributed by atoms with E-state index in [0.29, 0.717) is 37.4 Å². The third-order valence-corrected chi connectivity index (χ3v) is 3.42. The third kappa shape index (κ3) is 3.24. The average molecular weight is 278 g/mol. The number of aromatic nitrogens is 1. The van der Waals surface area contributed by atoms with E-state index in [0.717, 1.165) is 0 Å². The highest BCUT2D eigenvalue weighted by Crippen LogP contribution is 2.20. The summed E-state index contributed by atoms with van der Waals surface area (Å²) in [5.74, 6) is 5.25. The number of rotatable bonds is 2. The van der Waals surface area contributed by atoms with Crippen molar-refractivity contribution in [3.05, 3.63) is 24.0 Å². The van der Waals surface area contributed by atoms with E-state index in [-0.39, 0.29) is 11.8 Å². The third-order valence-electron chi connectivity index (χ3n) is 3.42. The molecular weight excluding hydrogens is 260 g/mol.